The molecule has 4 aliphatic rings. The van der Waals surface area contributed by atoms with Crippen LogP contribution in [0.1, 0.15) is 47.0 Å². The molecule has 0 radical (unpaired) electrons. The summed E-state index contributed by atoms with van der Waals surface area (Å²) in [7, 11) is 0. The van der Waals surface area contributed by atoms with E-state index in [0.29, 0.717) is 0 Å². The van der Waals surface area contributed by atoms with Crippen LogP contribution in [0.15, 0.2) is 23.6 Å². The molecule has 5 nitrogen and oxygen atoms in total. The number of alkyl halides is 3. The summed E-state index contributed by atoms with van der Waals surface area (Å²) in [6.45, 7) is 4.06. The maximum atomic E-state index is 17.1. The molecule has 0 aromatic carbocycles. The maximum Gasteiger partial charge on any atom is 0.303 e. The van der Waals surface area contributed by atoms with E-state index in [1.165, 1.54) is 6.92 Å². The Morgan fingerprint density at radius 3 is 2.45 bits per heavy atom. The van der Waals surface area contributed by atoms with Crippen molar-refractivity contribution in [3.8, 4) is 0 Å². The van der Waals surface area contributed by atoms with Gasteiger partial charge < -0.3 is 9.84 Å². The number of hydrogen-bond acceptors (Lipinski definition) is 5. The molecule has 9 atom stereocenters. The molecule has 0 bridgehead atoms. The Balaban J connectivity index is 1.91. The molecular formula is C24H28F4O5. The molecule has 4 aliphatic carbocycles. The fourth-order valence-electron chi connectivity index (χ4n) is 7.81. The van der Waals surface area contributed by atoms with Crippen molar-refractivity contribution in [2.45, 2.75) is 70.5 Å². The summed E-state index contributed by atoms with van der Waals surface area (Å²) in [5.74, 6) is -6.92. The molecule has 0 aromatic heterocycles. The number of ether oxygens (including phenoxy) is 1. The lowest BCUT2D eigenvalue weighted by Crippen LogP contribution is -2.71. The van der Waals surface area contributed by atoms with Crippen molar-refractivity contribution < 1.29 is 41.8 Å². The summed E-state index contributed by atoms with van der Waals surface area (Å²) < 4.78 is 66.5. The van der Waals surface area contributed by atoms with Crippen LogP contribution in [0.25, 0.3) is 0 Å². The summed E-state index contributed by atoms with van der Waals surface area (Å²) in [5, 5.41) is 11.2. The number of halogens is 4. The van der Waals surface area contributed by atoms with Crippen molar-refractivity contribution >= 4 is 17.5 Å². The molecule has 3 fully saturated rings. The molecular weight excluding hydrogens is 444 g/mol. The summed E-state index contributed by atoms with van der Waals surface area (Å²) >= 11 is 0. The van der Waals surface area contributed by atoms with Crippen molar-refractivity contribution in [2.24, 2.45) is 28.6 Å². The van der Waals surface area contributed by atoms with Crippen LogP contribution in [-0.4, -0.2) is 52.9 Å². The van der Waals surface area contributed by atoms with Gasteiger partial charge in [-0.25, -0.2) is 17.6 Å². The predicted octanol–water partition coefficient (Wildman–Crippen LogP) is 3.69. The largest absolute Gasteiger partial charge is 0.450 e. The molecule has 9 heteroatoms. The zero-order valence-electron chi connectivity index (χ0n) is 19.0. The van der Waals surface area contributed by atoms with Gasteiger partial charge in [0.2, 0.25) is 11.6 Å². The second-order valence-corrected chi connectivity index (χ2v) is 10.5. The van der Waals surface area contributed by atoms with Crippen LogP contribution < -0.4 is 0 Å². The molecule has 3 saturated carbocycles. The fourth-order valence-corrected chi connectivity index (χ4v) is 7.81. The van der Waals surface area contributed by atoms with E-state index < -0.39 is 101 Å². The smallest absolute Gasteiger partial charge is 0.303 e. The molecule has 0 aromatic rings. The number of aliphatic hydroxyl groups is 1. The summed E-state index contributed by atoms with van der Waals surface area (Å²) in [4.78, 5) is 36.8. The molecule has 0 heterocycles. The van der Waals surface area contributed by atoms with Gasteiger partial charge in [-0.3, -0.25) is 14.4 Å². The van der Waals surface area contributed by atoms with E-state index in [0.717, 1.165) is 19.1 Å². The number of fused-ring (bicyclic) bond motifs is 5. The van der Waals surface area contributed by atoms with Gasteiger partial charge >= 0.3 is 5.97 Å². The first-order chi connectivity index (χ1) is 15.2. The fraction of sp³-hybridized carbons (Fsp3) is 0.708. The van der Waals surface area contributed by atoms with Crippen LogP contribution in [0.3, 0.4) is 0 Å². The molecule has 182 valence electrons. The zero-order chi connectivity index (χ0) is 24.7. The second kappa shape index (κ2) is 7.23. The Morgan fingerprint density at radius 2 is 1.88 bits per heavy atom. The number of ketones is 2. The van der Waals surface area contributed by atoms with Gasteiger partial charge in [0.05, 0.1) is 6.10 Å². The Bertz CT molecular complexity index is 993. The Hall–Kier alpha value is -2.03. The standard InChI is InChI=1S/C24H28F4O5/c1-11-7-13-14-8-15(26)19-20(27)16(30)5-6-21(19,3)23(14,28)17(31)9-22(13,4)24(11,18(32)10-25)33-12(2)29/h5-6,11,13-15,17,31H,7-10H2,1-4H3/t11-,13+,14+,15+,17+,21+,22+,23+,24-/m1/s1. The quantitative estimate of drug-likeness (QED) is 0.501. The van der Waals surface area contributed by atoms with Crippen LogP contribution in [0.5, 0.6) is 0 Å². The van der Waals surface area contributed by atoms with E-state index in [2.05, 4.69) is 0 Å². The van der Waals surface area contributed by atoms with Crippen molar-refractivity contribution in [3.63, 3.8) is 0 Å². The highest BCUT2D eigenvalue weighted by Gasteiger charge is 2.78. The van der Waals surface area contributed by atoms with Crippen molar-refractivity contribution in [3.05, 3.63) is 23.6 Å². The molecule has 0 aliphatic heterocycles. The zero-order valence-corrected chi connectivity index (χ0v) is 19.0. The maximum absolute atomic E-state index is 17.1. The molecule has 0 saturated heterocycles. The minimum absolute atomic E-state index is 0.117. The number of aliphatic hydroxyl groups excluding tert-OH is 1. The predicted molar refractivity (Wildman–Crippen MR) is 109 cm³/mol. The Morgan fingerprint density at radius 1 is 1.24 bits per heavy atom. The minimum atomic E-state index is -2.56. The van der Waals surface area contributed by atoms with Crippen LogP contribution in [-0.2, 0) is 19.1 Å². The molecule has 0 unspecified atom stereocenters. The number of Topliss-reactive ketones (excluding diaryl/α,β-unsaturated/α-hetero) is 1. The SMILES string of the molecule is CC(=O)O[C@@]1(C(=O)CF)[C@H](C)C[C@H]2[C@@H]3C[C@H](F)C4=C(F)C(=O)C=C[C@]4(C)[C@@]3(F)[C@@H](O)C[C@@]21C. The lowest BCUT2D eigenvalue weighted by Gasteiger charge is -2.63. The van der Waals surface area contributed by atoms with Crippen LogP contribution in [0.4, 0.5) is 17.6 Å². The summed E-state index contributed by atoms with van der Waals surface area (Å²) in [5.41, 5.74) is -8.45. The third-order valence-electron chi connectivity index (χ3n) is 9.09. The average Bonchev–Trinajstić information content (AvgIpc) is 2.94. The number of hydrogen-bond donors (Lipinski definition) is 1. The number of carbonyl (C=O) groups excluding carboxylic acids is 3. The van der Waals surface area contributed by atoms with Crippen LogP contribution >= 0.6 is 0 Å². The second-order valence-electron chi connectivity index (χ2n) is 10.5. The van der Waals surface area contributed by atoms with Gasteiger partial charge in [0.1, 0.15) is 6.17 Å². The summed E-state index contributed by atoms with van der Waals surface area (Å²) in [6.07, 6.45) is -2.66. The molecule has 4 rings (SSSR count). The first-order valence-corrected chi connectivity index (χ1v) is 11.2. The van der Waals surface area contributed by atoms with Gasteiger partial charge in [0.15, 0.2) is 23.8 Å². The average molecular weight is 472 g/mol. The van der Waals surface area contributed by atoms with Gasteiger partial charge in [-0.05, 0) is 38.2 Å². The van der Waals surface area contributed by atoms with E-state index in [4.69, 9.17) is 4.74 Å². The highest BCUT2D eigenvalue weighted by Crippen LogP contribution is 2.72. The minimum Gasteiger partial charge on any atom is -0.450 e. The highest BCUT2D eigenvalue weighted by molar-refractivity contribution is 6.04. The van der Waals surface area contributed by atoms with Gasteiger partial charge in [-0.2, -0.15) is 0 Å². The topological polar surface area (TPSA) is 80.7 Å². The number of esters is 1. The lowest BCUT2D eigenvalue weighted by molar-refractivity contribution is -0.231. The number of carbonyl (C=O) groups is 3. The Kier molecular flexibility index (Phi) is 5.28. The molecule has 0 amide bonds. The van der Waals surface area contributed by atoms with Crippen LogP contribution in [0, 0.1) is 28.6 Å². The van der Waals surface area contributed by atoms with Gasteiger partial charge in [-0.15, -0.1) is 0 Å². The monoisotopic (exact) mass is 472 g/mol. The van der Waals surface area contributed by atoms with Crippen molar-refractivity contribution in [2.75, 3.05) is 6.67 Å². The van der Waals surface area contributed by atoms with E-state index in [1.807, 2.05) is 0 Å². The lowest BCUT2D eigenvalue weighted by atomic mass is 9.44. The molecule has 1 N–H and O–H groups in total. The van der Waals surface area contributed by atoms with E-state index in [-0.39, 0.29) is 6.42 Å². The first kappa shape index (κ1) is 24.1. The highest BCUT2D eigenvalue weighted by atomic mass is 19.2. The van der Waals surface area contributed by atoms with Gasteiger partial charge in [0, 0.05) is 35.2 Å². The third kappa shape index (κ3) is 2.66. The Labute approximate surface area is 189 Å². The number of rotatable bonds is 3. The number of allylic oxidation sites excluding steroid dienone is 4. The van der Waals surface area contributed by atoms with Crippen molar-refractivity contribution in [1.29, 1.82) is 0 Å². The molecule has 0 spiro atoms. The van der Waals surface area contributed by atoms with Crippen molar-refractivity contribution in [1.82, 2.24) is 0 Å². The van der Waals surface area contributed by atoms with Gasteiger partial charge in [0.25, 0.3) is 0 Å². The van der Waals surface area contributed by atoms with Crippen LogP contribution in [0.2, 0.25) is 0 Å². The van der Waals surface area contributed by atoms with Gasteiger partial charge in [-0.1, -0.05) is 19.9 Å². The van der Waals surface area contributed by atoms with E-state index in [9.17, 15) is 28.3 Å². The first-order valence-electron chi connectivity index (χ1n) is 11.2. The molecule has 33 heavy (non-hydrogen) atoms. The normalized spacial score (nSPS) is 48.8. The van der Waals surface area contributed by atoms with E-state index >= 15 is 8.78 Å². The third-order valence-corrected chi connectivity index (χ3v) is 9.09. The van der Waals surface area contributed by atoms with E-state index in [1.54, 1.807) is 13.8 Å². The summed E-state index contributed by atoms with van der Waals surface area (Å²) in [6, 6.07) is 0.